The Labute approximate surface area is 141 Å². The van der Waals surface area contributed by atoms with Crippen LogP contribution in [0.5, 0.6) is 0 Å². The number of likely N-dealkylation sites (tertiary alicyclic amines) is 1. The Morgan fingerprint density at radius 2 is 1.71 bits per heavy atom. The first-order valence-corrected chi connectivity index (χ1v) is 8.50. The molecular weight excluding hydrogens is 319 g/mol. The molecule has 0 saturated carbocycles. The Hall–Kier alpha value is -1.34. The number of halogens is 3. The van der Waals surface area contributed by atoms with Crippen LogP contribution in [0.4, 0.5) is 18.9 Å². The van der Waals surface area contributed by atoms with Crippen molar-refractivity contribution in [3.05, 3.63) is 24.0 Å². The summed E-state index contributed by atoms with van der Waals surface area (Å²) >= 11 is 0. The van der Waals surface area contributed by atoms with Crippen molar-refractivity contribution in [1.82, 2.24) is 9.88 Å². The van der Waals surface area contributed by atoms with Crippen LogP contribution in [-0.4, -0.2) is 54.3 Å². The Balaban J connectivity index is 0.000000219. The number of aliphatic hydroxyl groups excluding tert-OH is 1. The normalized spacial score (nSPS) is 20.5. The van der Waals surface area contributed by atoms with Gasteiger partial charge in [-0.05, 0) is 45.2 Å². The van der Waals surface area contributed by atoms with Crippen LogP contribution < -0.4 is 4.90 Å². The van der Waals surface area contributed by atoms with E-state index in [-0.39, 0.29) is 11.8 Å². The predicted molar refractivity (Wildman–Crippen MR) is 88.0 cm³/mol. The van der Waals surface area contributed by atoms with E-state index in [1.165, 1.54) is 12.3 Å². The minimum absolute atomic E-state index is 0.0220. The van der Waals surface area contributed by atoms with E-state index in [0.717, 1.165) is 51.4 Å². The van der Waals surface area contributed by atoms with Crippen LogP contribution in [0.3, 0.4) is 0 Å². The van der Waals surface area contributed by atoms with Crippen molar-refractivity contribution in [2.75, 3.05) is 38.1 Å². The van der Waals surface area contributed by atoms with Crippen LogP contribution >= 0.6 is 0 Å². The number of rotatable bonds is 1. The number of nitrogens with zero attached hydrogens (tertiary/aromatic N) is 3. The number of aliphatic hydroxyl groups is 1. The van der Waals surface area contributed by atoms with Gasteiger partial charge in [0, 0.05) is 38.6 Å². The molecule has 0 radical (unpaired) electrons. The maximum absolute atomic E-state index is 12.7. The molecule has 136 valence electrons. The van der Waals surface area contributed by atoms with Gasteiger partial charge in [0.15, 0.2) is 0 Å². The highest BCUT2D eigenvalue weighted by molar-refractivity contribution is 5.53. The molecule has 2 saturated heterocycles. The summed E-state index contributed by atoms with van der Waals surface area (Å²) in [5.74, 6) is 0. The molecule has 0 amide bonds. The van der Waals surface area contributed by atoms with Crippen LogP contribution in [-0.2, 0) is 6.18 Å². The number of pyridine rings is 1. The zero-order valence-corrected chi connectivity index (χ0v) is 14.1. The molecule has 2 aliphatic rings. The van der Waals surface area contributed by atoms with E-state index in [1.807, 2.05) is 0 Å². The molecule has 3 rings (SSSR count). The van der Waals surface area contributed by atoms with Crippen molar-refractivity contribution in [2.45, 2.75) is 44.4 Å². The van der Waals surface area contributed by atoms with E-state index in [0.29, 0.717) is 13.1 Å². The fourth-order valence-corrected chi connectivity index (χ4v) is 3.01. The van der Waals surface area contributed by atoms with Gasteiger partial charge >= 0.3 is 6.18 Å². The van der Waals surface area contributed by atoms with Crippen molar-refractivity contribution in [3.8, 4) is 0 Å². The molecule has 0 bridgehead atoms. The Bertz CT molecular complexity index is 486. The summed E-state index contributed by atoms with van der Waals surface area (Å²) in [7, 11) is 2.09. The van der Waals surface area contributed by atoms with Gasteiger partial charge in [0.25, 0.3) is 0 Å². The topological polar surface area (TPSA) is 39.6 Å². The maximum Gasteiger partial charge on any atom is 0.419 e. The third-order valence-electron chi connectivity index (χ3n) is 4.49. The van der Waals surface area contributed by atoms with E-state index in [1.54, 1.807) is 4.90 Å². The largest absolute Gasteiger partial charge is 0.419 e. The number of alkyl halides is 3. The van der Waals surface area contributed by atoms with Crippen molar-refractivity contribution in [3.63, 3.8) is 0 Å². The van der Waals surface area contributed by atoms with E-state index in [2.05, 4.69) is 16.9 Å². The lowest BCUT2D eigenvalue weighted by Gasteiger charge is -2.30. The average Bonchev–Trinajstić information content (AvgIpc) is 2.58. The van der Waals surface area contributed by atoms with Gasteiger partial charge in [-0.3, -0.25) is 4.98 Å². The summed E-state index contributed by atoms with van der Waals surface area (Å²) < 4.78 is 38.2. The fourth-order valence-electron chi connectivity index (χ4n) is 3.01. The molecule has 1 aromatic heterocycles. The second kappa shape index (κ2) is 8.67. The second-order valence-corrected chi connectivity index (χ2v) is 6.47. The molecule has 0 atom stereocenters. The summed E-state index contributed by atoms with van der Waals surface area (Å²) in [6, 6.07) is 1.45. The van der Waals surface area contributed by atoms with E-state index < -0.39 is 11.7 Å². The number of hydrogen-bond donors (Lipinski definition) is 1. The maximum atomic E-state index is 12.7. The summed E-state index contributed by atoms with van der Waals surface area (Å²) in [4.78, 5) is 7.60. The van der Waals surface area contributed by atoms with Crippen molar-refractivity contribution in [1.29, 1.82) is 0 Å². The van der Waals surface area contributed by atoms with Crippen molar-refractivity contribution < 1.29 is 18.3 Å². The molecule has 0 unspecified atom stereocenters. The highest BCUT2D eigenvalue weighted by atomic mass is 19.4. The Kier molecular flexibility index (Phi) is 6.86. The average molecular weight is 345 g/mol. The minimum Gasteiger partial charge on any atom is -0.393 e. The summed E-state index contributed by atoms with van der Waals surface area (Å²) in [5.41, 5.74) is -0.362. The zero-order chi connectivity index (χ0) is 17.6. The number of anilines is 1. The van der Waals surface area contributed by atoms with Crippen LogP contribution in [0.25, 0.3) is 0 Å². The molecule has 24 heavy (non-hydrogen) atoms. The molecule has 0 aliphatic carbocycles. The number of hydrogen-bond acceptors (Lipinski definition) is 4. The standard InChI is InChI=1S/C11H13F3N2.C6H13NO/c12-11(13,14)9-8-15-5-4-10(9)16-6-2-1-3-7-16;1-7-4-2-6(8)3-5-7/h4-5,8H,1-3,6-7H2;6,8H,2-5H2,1H3. The summed E-state index contributed by atoms with van der Waals surface area (Å²) in [6.45, 7) is 3.52. The second-order valence-electron chi connectivity index (χ2n) is 6.47. The third kappa shape index (κ3) is 5.63. The molecule has 3 heterocycles. The van der Waals surface area contributed by atoms with Gasteiger partial charge < -0.3 is 14.9 Å². The van der Waals surface area contributed by atoms with Gasteiger partial charge in [0.2, 0.25) is 0 Å². The van der Waals surface area contributed by atoms with Crippen LogP contribution in [0, 0.1) is 0 Å². The lowest BCUT2D eigenvalue weighted by Crippen LogP contribution is -2.32. The summed E-state index contributed by atoms with van der Waals surface area (Å²) in [6.07, 6.45) is 2.91. The van der Waals surface area contributed by atoms with Gasteiger partial charge in [-0.15, -0.1) is 0 Å². The number of aromatic nitrogens is 1. The molecule has 7 heteroatoms. The first kappa shape index (κ1) is 19.0. The molecule has 2 fully saturated rings. The smallest absolute Gasteiger partial charge is 0.393 e. The van der Waals surface area contributed by atoms with Crippen LogP contribution in [0.2, 0.25) is 0 Å². The van der Waals surface area contributed by atoms with Gasteiger partial charge in [0.1, 0.15) is 0 Å². The molecular formula is C17H26F3N3O. The lowest BCUT2D eigenvalue weighted by atomic mass is 10.1. The summed E-state index contributed by atoms with van der Waals surface area (Å²) in [5, 5.41) is 9.00. The third-order valence-corrected chi connectivity index (χ3v) is 4.49. The van der Waals surface area contributed by atoms with Gasteiger partial charge in [-0.2, -0.15) is 13.2 Å². The molecule has 0 spiro atoms. The van der Waals surface area contributed by atoms with E-state index in [9.17, 15) is 13.2 Å². The van der Waals surface area contributed by atoms with Crippen LogP contribution in [0.1, 0.15) is 37.7 Å². The first-order valence-electron chi connectivity index (χ1n) is 8.50. The van der Waals surface area contributed by atoms with Crippen molar-refractivity contribution >= 4 is 5.69 Å². The van der Waals surface area contributed by atoms with Gasteiger partial charge in [0.05, 0.1) is 17.4 Å². The minimum atomic E-state index is -4.32. The molecule has 1 aromatic rings. The van der Waals surface area contributed by atoms with E-state index in [4.69, 9.17) is 5.11 Å². The molecule has 1 N–H and O–H groups in total. The predicted octanol–water partition coefficient (Wildman–Crippen LogP) is 3.16. The highest BCUT2D eigenvalue weighted by Gasteiger charge is 2.35. The Morgan fingerprint density at radius 3 is 2.25 bits per heavy atom. The SMILES string of the molecule is CN1CCC(O)CC1.FC(F)(F)c1cnccc1N1CCCCC1. The monoisotopic (exact) mass is 345 g/mol. The van der Waals surface area contributed by atoms with Gasteiger partial charge in [-0.1, -0.05) is 0 Å². The van der Waals surface area contributed by atoms with Crippen LogP contribution in [0.15, 0.2) is 18.5 Å². The fraction of sp³-hybridized carbons (Fsp3) is 0.706. The quantitative estimate of drug-likeness (QED) is 0.849. The Morgan fingerprint density at radius 1 is 1.08 bits per heavy atom. The highest BCUT2D eigenvalue weighted by Crippen LogP contribution is 2.36. The molecule has 2 aliphatic heterocycles. The van der Waals surface area contributed by atoms with E-state index >= 15 is 0 Å². The zero-order valence-electron chi connectivity index (χ0n) is 14.1. The van der Waals surface area contributed by atoms with Gasteiger partial charge in [-0.25, -0.2) is 0 Å². The number of piperidine rings is 2. The lowest BCUT2D eigenvalue weighted by molar-refractivity contribution is -0.137. The molecule has 0 aromatic carbocycles. The molecule has 4 nitrogen and oxygen atoms in total. The first-order chi connectivity index (χ1) is 11.4. The van der Waals surface area contributed by atoms with Crippen molar-refractivity contribution in [2.24, 2.45) is 0 Å².